The van der Waals surface area contributed by atoms with E-state index in [1.165, 1.54) is 18.3 Å². The lowest BCUT2D eigenvalue weighted by Gasteiger charge is -2.08. The Bertz CT molecular complexity index is 730. The van der Waals surface area contributed by atoms with Crippen LogP contribution in [0.2, 0.25) is 5.02 Å². The van der Waals surface area contributed by atoms with Crippen LogP contribution in [-0.2, 0) is 4.79 Å². The van der Waals surface area contributed by atoms with E-state index >= 15 is 0 Å². The molecule has 0 saturated heterocycles. The molecule has 0 unspecified atom stereocenters. The highest BCUT2D eigenvalue weighted by Gasteiger charge is 2.17. The number of anilines is 1. The van der Waals surface area contributed by atoms with Gasteiger partial charge in [0.05, 0.1) is 16.1 Å². The van der Waals surface area contributed by atoms with Crippen molar-refractivity contribution in [2.75, 3.05) is 5.32 Å². The SMILES string of the molecule is CC(=O)NNC(=O)c1ccsc1NC(=O)c1ccccc1Cl. The summed E-state index contributed by atoms with van der Waals surface area (Å²) in [5.41, 5.74) is 4.99. The highest BCUT2D eigenvalue weighted by Crippen LogP contribution is 2.25. The van der Waals surface area contributed by atoms with E-state index in [1.54, 1.807) is 35.7 Å². The molecule has 3 N–H and O–H groups in total. The Balaban J connectivity index is 2.13. The quantitative estimate of drug-likeness (QED) is 0.752. The van der Waals surface area contributed by atoms with Crippen molar-refractivity contribution >= 4 is 45.7 Å². The Morgan fingerprint density at radius 2 is 1.73 bits per heavy atom. The smallest absolute Gasteiger partial charge is 0.272 e. The first kappa shape index (κ1) is 16.0. The molecule has 1 heterocycles. The Morgan fingerprint density at radius 1 is 1.00 bits per heavy atom. The zero-order chi connectivity index (χ0) is 16.1. The van der Waals surface area contributed by atoms with Gasteiger partial charge in [0.2, 0.25) is 5.91 Å². The largest absolute Gasteiger partial charge is 0.313 e. The van der Waals surface area contributed by atoms with Crippen molar-refractivity contribution in [3.05, 3.63) is 51.9 Å². The summed E-state index contributed by atoms with van der Waals surface area (Å²) >= 11 is 7.15. The van der Waals surface area contributed by atoms with Crippen LogP contribution in [0.3, 0.4) is 0 Å². The minimum Gasteiger partial charge on any atom is -0.313 e. The lowest BCUT2D eigenvalue weighted by Crippen LogP contribution is -2.40. The van der Waals surface area contributed by atoms with Gasteiger partial charge in [-0.1, -0.05) is 23.7 Å². The molecule has 8 heteroatoms. The summed E-state index contributed by atoms with van der Waals surface area (Å²) in [5.74, 6) is -1.34. The van der Waals surface area contributed by atoms with Crippen LogP contribution in [0, 0.1) is 0 Å². The maximum Gasteiger partial charge on any atom is 0.272 e. The molecule has 0 aliphatic rings. The van der Waals surface area contributed by atoms with Crippen molar-refractivity contribution < 1.29 is 14.4 Å². The topological polar surface area (TPSA) is 87.3 Å². The van der Waals surface area contributed by atoms with E-state index < -0.39 is 17.7 Å². The van der Waals surface area contributed by atoms with E-state index in [2.05, 4.69) is 16.2 Å². The third-order valence-corrected chi connectivity index (χ3v) is 3.77. The van der Waals surface area contributed by atoms with Crippen LogP contribution in [0.25, 0.3) is 0 Å². The normalized spacial score (nSPS) is 9.91. The molecule has 0 spiro atoms. The molecule has 6 nitrogen and oxygen atoms in total. The summed E-state index contributed by atoms with van der Waals surface area (Å²) in [6.45, 7) is 1.27. The van der Waals surface area contributed by atoms with Gasteiger partial charge in [-0.15, -0.1) is 11.3 Å². The molecule has 0 radical (unpaired) electrons. The summed E-state index contributed by atoms with van der Waals surface area (Å²) < 4.78 is 0. The maximum absolute atomic E-state index is 12.2. The number of halogens is 1. The number of thiophene rings is 1. The fourth-order valence-corrected chi connectivity index (χ4v) is 2.61. The zero-order valence-electron chi connectivity index (χ0n) is 11.5. The van der Waals surface area contributed by atoms with Crippen molar-refractivity contribution in [1.82, 2.24) is 10.9 Å². The number of benzene rings is 1. The van der Waals surface area contributed by atoms with Crippen LogP contribution in [-0.4, -0.2) is 17.7 Å². The third-order valence-electron chi connectivity index (χ3n) is 2.61. The highest BCUT2D eigenvalue weighted by molar-refractivity contribution is 7.14. The molecular weight excluding hydrogens is 326 g/mol. The Morgan fingerprint density at radius 3 is 2.41 bits per heavy atom. The molecular formula is C14H12ClN3O3S. The summed E-state index contributed by atoms with van der Waals surface area (Å²) in [5, 5.41) is 4.98. The Labute approximate surface area is 135 Å². The Hall–Kier alpha value is -2.38. The van der Waals surface area contributed by atoms with E-state index in [9.17, 15) is 14.4 Å². The molecule has 2 aromatic rings. The van der Waals surface area contributed by atoms with Gasteiger partial charge in [0, 0.05) is 6.92 Å². The van der Waals surface area contributed by atoms with Gasteiger partial charge in [0.1, 0.15) is 5.00 Å². The molecule has 114 valence electrons. The van der Waals surface area contributed by atoms with Crippen LogP contribution >= 0.6 is 22.9 Å². The van der Waals surface area contributed by atoms with Gasteiger partial charge in [-0.2, -0.15) is 0 Å². The average Bonchev–Trinajstić information content (AvgIpc) is 2.93. The molecule has 0 aliphatic carbocycles. The first-order valence-corrected chi connectivity index (χ1v) is 7.45. The maximum atomic E-state index is 12.2. The van der Waals surface area contributed by atoms with Crippen molar-refractivity contribution in [1.29, 1.82) is 0 Å². The van der Waals surface area contributed by atoms with Crippen LogP contribution in [0.5, 0.6) is 0 Å². The minimum absolute atomic E-state index is 0.249. The van der Waals surface area contributed by atoms with E-state index in [1.807, 2.05) is 0 Å². The number of amides is 3. The van der Waals surface area contributed by atoms with E-state index in [0.29, 0.717) is 15.6 Å². The Kier molecular flexibility index (Phi) is 5.13. The molecule has 1 aromatic heterocycles. The first-order chi connectivity index (χ1) is 10.5. The van der Waals surface area contributed by atoms with E-state index in [0.717, 1.165) is 0 Å². The molecule has 22 heavy (non-hydrogen) atoms. The number of rotatable bonds is 3. The van der Waals surface area contributed by atoms with Gasteiger partial charge < -0.3 is 5.32 Å². The zero-order valence-corrected chi connectivity index (χ0v) is 13.0. The predicted molar refractivity (Wildman–Crippen MR) is 85.0 cm³/mol. The summed E-state index contributed by atoms with van der Waals surface area (Å²) in [4.78, 5) is 34.9. The van der Waals surface area contributed by atoms with Crippen LogP contribution < -0.4 is 16.2 Å². The number of carbonyl (C=O) groups excluding carboxylic acids is 3. The van der Waals surface area contributed by atoms with Crippen LogP contribution in [0.15, 0.2) is 35.7 Å². The minimum atomic E-state index is -0.522. The van der Waals surface area contributed by atoms with Gasteiger partial charge in [-0.25, -0.2) is 0 Å². The number of carbonyl (C=O) groups is 3. The second-order valence-electron chi connectivity index (χ2n) is 4.23. The summed E-state index contributed by atoms with van der Waals surface area (Å²) in [6.07, 6.45) is 0. The molecule has 1 aromatic carbocycles. The molecule has 0 bridgehead atoms. The number of hydrazine groups is 1. The van der Waals surface area contributed by atoms with Gasteiger partial charge in [0.15, 0.2) is 0 Å². The molecule has 0 fully saturated rings. The molecule has 0 aliphatic heterocycles. The fraction of sp³-hybridized carbons (Fsp3) is 0.0714. The fourth-order valence-electron chi connectivity index (χ4n) is 1.61. The first-order valence-electron chi connectivity index (χ1n) is 6.19. The average molecular weight is 338 g/mol. The molecule has 3 amide bonds. The van der Waals surface area contributed by atoms with Crippen LogP contribution in [0.4, 0.5) is 5.00 Å². The second-order valence-corrected chi connectivity index (χ2v) is 5.56. The standard InChI is InChI=1S/C14H12ClN3O3S/c1-8(19)17-18-13(21)10-6-7-22-14(10)16-12(20)9-4-2-3-5-11(9)15/h2-7H,1H3,(H,16,20)(H,17,19)(H,18,21). The lowest BCUT2D eigenvalue weighted by molar-refractivity contribution is -0.119. The summed E-state index contributed by atoms with van der Waals surface area (Å²) in [6, 6.07) is 8.15. The monoisotopic (exact) mass is 337 g/mol. The van der Waals surface area contributed by atoms with Crippen molar-refractivity contribution in [3.8, 4) is 0 Å². The molecule has 0 atom stereocenters. The van der Waals surface area contributed by atoms with Crippen molar-refractivity contribution in [3.63, 3.8) is 0 Å². The molecule has 0 saturated carbocycles. The van der Waals surface area contributed by atoms with Crippen molar-refractivity contribution in [2.45, 2.75) is 6.92 Å². The predicted octanol–water partition coefficient (Wildman–Crippen LogP) is 2.43. The second kappa shape index (κ2) is 7.06. The third kappa shape index (κ3) is 3.84. The van der Waals surface area contributed by atoms with Gasteiger partial charge in [0.25, 0.3) is 11.8 Å². The number of hydrogen-bond donors (Lipinski definition) is 3. The van der Waals surface area contributed by atoms with Gasteiger partial charge in [-0.3, -0.25) is 25.2 Å². The van der Waals surface area contributed by atoms with Crippen LogP contribution in [0.1, 0.15) is 27.6 Å². The van der Waals surface area contributed by atoms with E-state index in [-0.39, 0.29) is 5.56 Å². The van der Waals surface area contributed by atoms with Gasteiger partial charge >= 0.3 is 0 Å². The highest BCUT2D eigenvalue weighted by atomic mass is 35.5. The number of hydrogen-bond acceptors (Lipinski definition) is 4. The summed E-state index contributed by atoms with van der Waals surface area (Å²) in [7, 11) is 0. The van der Waals surface area contributed by atoms with Crippen molar-refractivity contribution in [2.24, 2.45) is 0 Å². The molecule has 2 rings (SSSR count). The number of nitrogens with one attached hydrogen (secondary N) is 3. The lowest BCUT2D eigenvalue weighted by atomic mass is 10.2. The van der Waals surface area contributed by atoms with E-state index in [4.69, 9.17) is 11.6 Å². The van der Waals surface area contributed by atoms with Gasteiger partial charge in [-0.05, 0) is 23.6 Å².